The molecule has 1 aromatic heterocycles. The molecule has 0 N–H and O–H groups in total. The first-order chi connectivity index (χ1) is 7.43. The molecule has 4 nitrogen and oxygen atoms in total. The molecule has 0 aliphatic carbocycles. The number of hydrogen-bond donors (Lipinski definition) is 0. The maximum atomic E-state index is 5.02. The Hall–Kier alpha value is -2.10. The van der Waals surface area contributed by atoms with Crippen molar-refractivity contribution in [1.29, 1.82) is 0 Å². The Kier molecular flexibility index (Phi) is 1.78. The van der Waals surface area contributed by atoms with E-state index < -0.39 is 0 Å². The van der Waals surface area contributed by atoms with E-state index in [9.17, 15) is 0 Å². The van der Waals surface area contributed by atoms with Gasteiger partial charge in [0.2, 0.25) is 0 Å². The quantitative estimate of drug-likeness (QED) is 0.704. The zero-order chi connectivity index (χ0) is 10.1. The molecular weight excluding hydrogens is 190 g/mol. The van der Waals surface area contributed by atoms with Crippen LogP contribution in [0.4, 0.5) is 5.82 Å². The Morgan fingerprint density at radius 2 is 2.07 bits per heavy atom. The van der Waals surface area contributed by atoms with Crippen molar-refractivity contribution in [2.75, 3.05) is 11.7 Å². The van der Waals surface area contributed by atoms with Gasteiger partial charge in [-0.2, -0.15) is 0 Å². The topological polar surface area (TPSA) is 37.7 Å². The van der Waals surface area contributed by atoms with Crippen molar-refractivity contribution in [3.63, 3.8) is 0 Å². The van der Waals surface area contributed by atoms with E-state index in [-0.39, 0.29) is 0 Å². The van der Waals surface area contributed by atoms with Crippen LogP contribution in [0.1, 0.15) is 0 Å². The number of hydrogen-bond acceptors (Lipinski definition) is 4. The van der Waals surface area contributed by atoms with Gasteiger partial charge in [0.1, 0.15) is 0 Å². The molecule has 1 aromatic carbocycles. The molecule has 0 fully saturated rings. The van der Waals surface area contributed by atoms with Gasteiger partial charge in [0.25, 0.3) is 0 Å². The highest BCUT2D eigenvalue weighted by atomic mass is 16.5. The Labute approximate surface area is 86.8 Å². The van der Waals surface area contributed by atoms with Crippen LogP contribution in [0.2, 0.25) is 0 Å². The van der Waals surface area contributed by atoms with Crippen molar-refractivity contribution in [3.8, 4) is 0 Å². The molecule has 0 spiro atoms. The molecule has 1 aliphatic rings. The summed E-state index contributed by atoms with van der Waals surface area (Å²) < 4.78 is 5.02. The van der Waals surface area contributed by atoms with Gasteiger partial charge in [-0.3, -0.25) is 0 Å². The molecule has 1 aliphatic heterocycles. The summed E-state index contributed by atoms with van der Waals surface area (Å²) in [4.78, 5) is 4.49. The minimum atomic E-state index is 0.436. The predicted octanol–water partition coefficient (Wildman–Crippen LogP) is 1.97. The molecule has 0 unspecified atom stereocenters. The number of pyridine rings is 1. The highest BCUT2D eigenvalue weighted by Gasteiger charge is 2.10. The number of ether oxygens (including phenoxy) is 1. The Balaban J connectivity index is 2.09. The average Bonchev–Trinajstić information content (AvgIpc) is 2.82. The van der Waals surface area contributed by atoms with Crippen LogP contribution in [0.25, 0.3) is 10.9 Å². The molecule has 0 saturated carbocycles. The fraction of sp³-hybridized carbons (Fsp3) is 0.0909. The maximum Gasteiger partial charge on any atom is 0.195 e. The van der Waals surface area contributed by atoms with Gasteiger partial charge in [0.05, 0.1) is 5.52 Å². The van der Waals surface area contributed by atoms with Crippen molar-refractivity contribution >= 4 is 23.1 Å². The van der Waals surface area contributed by atoms with Crippen LogP contribution in [0, 0.1) is 0 Å². The molecule has 0 atom stereocenters. The summed E-state index contributed by atoms with van der Waals surface area (Å²) in [5, 5.41) is 6.88. The number of hydrazone groups is 1. The molecule has 0 bridgehead atoms. The van der Waals surface area contributed by atoms with Gasteiger partial charge in [-0.15, -0.1) is 5.10 Å². The Morgan fingerprint density at radius 3 is 2.93 bits per heavy atom. The van der Waals surface area contributed by atoms with Gasteiger partial charge in [-0.25, -0.2) is 9.99 Å². The first kappa shape index (κ1) is 8.23. The zero-order valence-electron chi connectivity index (χ0n) is 8.00. The van der Waals surface area contributed by atoms with Crippen LogP contribution in [0.15, 0.2) is 41.5 Å². The smallest absolute Gasteiger partial charge is 0.195 e. The largest absolute Gasteiger partial charge is 0.459 e. The van der Waals surface area contributed by atoms with E-state index in [4.69, 9.17) is 4.74 Å². The zero-order valence-corrected chi connectivity index (χ0v) is 8.00. The third kappa shape index (κ3) is 1.40. The molecule has 0 radical (unpaired) electrons. The summed E-state index contributed by atoms with van der Waals surface area (Å²) in [6, 6.07) is 12.0. The second kappa shape index (κ2) is 3.24. The first-order valence-corrected chi connectivity index (χ1v) is 4.71. The van der Waals surface area contributed by atoms with Crippen LogP contribution in [0.3, 0.4) is 0 Å². The predicted molar refractivity (Wildman–Crippen MR) is 58.7 cm³/mol. The van der Waals surface area contributed by atoms with Gasteiger partial charge < -0.3 is 4.74 Å². The summed E-state index contributed by atoms with van der Waals surface area (Å²) in [7, 11) is 0. The highest BCUT2D eigenvalue weighted by Crippen LogP contribution is 2.18. The van der Waals surface area contributed by atoms with Crippen molar-refractivity contribution < 1.29 is 4.74 Å². The summed E-state index contributed by atoms with van der Waals surface area (Å²) in [6.45, 7) is 0.436. The summed E-state index contributed by atoms with van der Waals surface area (Å²) in [5.74, 6) is 0.808. The number of para-hydroxylation sites is 1. The minimum absolute atomic E-state index is 0.436. The molecule has 2 aromatic rings. The van der Waals surface area contributed by atoms with Gasteiger partial charge in [-0.05, 0) is 18.2 Å². The second-order valence-corrected chi connectivity index (χ2v) is 3.28. The lowest BCUT2D eigenvalue weighted by Crippen LogP contribution is -2.14. The van der Waals surface area contributed by atoms with E-state index in [2.05, 4.69) is 10.1 Å². The number of anilines is 1. The fourth-order valence-electron chi connectivity index (χ4n) is 1.55. The van der Waals surface area contributed by atoms with Crippen molar-refractivity contribution in [1.82, 2.24) is 4.98 Å². The van der Waals surface area contributed by atoms with Crippen molar-refractivity contribution in [2.45, 2.75) is 0 Å². The van der Waals surface area contributed by atoms with Gasteiger partial charge in [-0.1, -0.05) is 18.2 Å². The Bertz CT molecular complexity index is 524. The normalized spacial score (nSPS) is 14.5. The maximum absolute atomic E-state index is 5.02. The van der Waals surface area contributed by atoms with E-state index in [1.165, 1.54) is 6.40 Å². The van der Waals surface area contributed by atoms with Gasteiger partial charge >= 0.3 is 0 Å². The summed E-state index contributed by atoms with van der Waals surface area (Å²) >= 11 is 0. The molecule has 74 valence electrons. The molecular formula is C11H9N3O. The number of fused-ring (bicyclic) bond motifs is 1. The molecule has 2 heterocycles. The lowest BCUT2D eigenvalue weighted by Gasteiger charge is -2.10. The van der Waals surface area contributed by atoms with Crippen LogP contribution in [0.5, 0.6) is 0 Å². The number of benzene rings is 1. The summed E-state index contributed by atoms with van der Waals surface area (Å²) in [6.07, 6.45) is 1.43. The molecule has 4 heteroatoms. The van der Waals surface area contributed by atoms with E-state index >= 15 is 0 Å². The first-order valence-electron chi connectivity index (χ1n) is 4.71. The molecule has 0 amide bonds. The third-order valence-electron chi connectivity index (χ3n) is 2.31. The third-order valence-corrected chi connectivity index (χ3v) is 2.31. The molecule has 15 heavy (non-hydrogen) atoms. The monoisotopic (exact) mass is 199 g/mol. The SMILES string of the molecule is C1=NN(c2ccc3ccccc3n2)CO1. The molecule has 0 saturated heterocycles. The van der Waals surface area contributed by atoms with E-state index in [0.717, 1.165) is 16.7 Å². The van der Waals surface area contributed by atoms with E-state index in [0.29, 0.717) is 6.73 Å². The minimum Gasteiger partial charge on any atom is -0.459 e. The average molecular weight is 199 g/mol. The molecule has 3 rings (SSSR count). The van der Waals surface area contributed by atoms with Gasteiger partial charge in [0.15, 0.2) is 18.9 Å². The van der Waals surface area contributed by atoms with Crippen LogP contribution in [-0.4, -0.2) is 18.1 Å². The highest BCUT2D eigenvalue weighted by molar-refractivity contribution is 5.80. The number of nitrogens with zero attached hydrogens (tertiary/aromatic N) is 3. The standard InChI is InChI=1S/C11H9N3O/c1-2-4-10-9(3-1)5-6-11(13-10)14-8-15-7-12-14/h1-7H,8H2. The summed E-state index contributed by atoms with van der Waals surface area (Å²) in [5.41, 5.74) is 0.970. The lowest BCUT2D eigenvalue weighted by atomic mass is 10.2. The number of rotatable bonds is 1. The lowest BCUT2D eigenvalue weighted by molar-refractivity contribution is 0.349. The number of aromatic nitrogens is 1. The van der Waals surface area contributed by atoms with Crippen molar-refractivity contribution in [3.05, 3.63) is 36.4 Å². The Morgan fingerprint density at radius 1 is 1.13 bits per heavy atom. The van der Waals surface area contributed by atoms with Crippen LogP contribution in [-0.2, 0) is 4.74 Å². The second-order valence-electron chi connectivity index (χ2n) is 3.28. The van der Waals surface area contributed by atoms with Crippen LogP contribution >= 0.6 is 0 Å². The van der Waals surface area contributed by atoms with Crippen LogP contribution < -0.4 is 5.01 Å². The van der Waals surface area contributed by atoms with E-state index in [1.54, 1.807) is 5.01 Å². The van der Waals surface area contributed by atoms with Gasteiger partial charge in [0, 0.05) is 5.39 Å². The van der Waals surface area contributed by atoms with Crippen molar-refractivity contribution in [2.24, 2.45) is 5.10 Å². The fourth-order valence-corrected chi connectivity index (χ4v) is 1.55. The van der Waals surface area contributed by atoms with E-state index in [1.807, 2.05) is 36.4 Å².